The van der Waals surface area contributed by atoms with E-state index in [0.29, 0.717) is 11.5 Å². The SMILES string of the molecule is O=C(O)CC1=CN=Cc2ccccc2O1. The van der Waals surface area contributed by atoms with E-state index in [2.05, 4.69) is 4.99 Å². The van der Waals surface area contributed by atoms with Crippen molar-refractivity contribution < 1.29 is 14.6 Å². The maximum atomic E-state index is 10.5. The van der Waals surface area contributed by atoms with Crippen LogP contribution in [0.2, 0.25) is 0 Å². The number of aliphatic carboxylic acids is 1. The molecule has 0 saturated carbocycles. The van der Waals surface area contributed by atoms with E-state index in [9.17, 15) is 4.79 Å². The molecule has 76 valence electrons. The summed E-state index contributed by atoms with van der Waals surface area (Å²) in [5.41, 5.74) is 0.842. The van der Waals surface area contributed by atoms with Crippen LogP contribution in [-0.2, 0) is 4.79 Å². The Hall–Kier alpha value is -2.10. The summed E-state index contributed by atoms with van der Waals surface area (Å²) in [7, 11) is 0. The van der Waals surface area contributed by atoms with E-state index in [4.69, 9.17) is 9.84 Å². The summed E-state index contributed by atoms with van der Waals surface area (Å²) in [4.78, 5) is 14.5. The molecule has 0 amide bonds. The van der Waals surface area contributed by atoms with Gasteiger partial charge in [-0.3, -0.25) is 9.79 Å². The molecule has 0 spiro atoms. The van der Waals surface area contributed by atoms with E-state index in [1.54, 1.807) is 12.3 Å². The Morgan fingerprint density at radius 1 is 1.40 bits per heavy atom. The highest BCUT2D eigenvalue weighted by molar-refractivity contribution is 5.84. The van der Waals surface area contributed by atoms with Gasteiger partial charge in [-0.25, -0.2) is 0 Å². The van der Waals surface area contributed by atoms with E-state index in [0.717, 1.165) is 5.56 Å². The molecule has 1 aromatic carbocycles. The number of carbonyl (C=O) groups is 1. The van der Waals surface area contributed by atoms with Crippen LogP contribution in [0.4, 0.5) is 0 Å². The van der Waals surface area contributed by atoms with Crippen molar-refractivity contribution in [2.24, 2.45) is 4.99 Å². The number of ether oxygens (including phenoxy) is 1. The Morgan fingerprint density at radius 2 is 2.20 bits per heavy atom. The number of hydrogen-bond acceptors (Lipinski definition) is 3. The van der Waals surface area contributed by atoms with E-state index in [1.165, 1.54) is 6.20 Å². The van der Waals surface area contributed by atoms with Gasteiger partial charge in [-0.05, 0) is 12.1 Å². The van der Waals surface area contributed by atoms with Crippen molar-refractivity contribution in [2.45, 2.75) is 6.42 Å². The topological polar surface area (TPSA) is 58.9 Å². The highest BCUT2D eigenvalue weighted by atomic mass is 16.5. The molecule has 0 unspecified atom stereocenters. The van der Waals surface area contributed by atoms with E-state index >= 15 is 0 Å². The Balaban J connectivity index is 2.27. The number of rotatable bonds is 2. The first kappa shape index (κ1) is 9.45. The number of aliphatic imine (C=N–C) groups is 1. The van der Waals surface area contributed by atoms with Gasteiger partial charge in [0.05, 0.1) is 6.20 Å². The Morgan fingerprint density at radius 3 is 3.00 bits per heavy atom. The fraction of sp³-hybridized carbons (Fsp3) is 0.0909. The van der Waals surface area contributed by atoms with Gasteiger partial charge in [-0.2, -0.15) is 0 Å². The number of benzene rings is 1. The normalized spacial score (nSPS) is 13.5. The first-order chi connectivity index (χ1) is 7.25. The molecular weight excluding hydrogens is 194 g/mol. The number of nitrogens with zero attached hydrogens (tertiary/aromatic N) is 1. The van der Waals surface area contributed by atoms with Gasteiger partial charge in [-0.15, -0.1) is 0 Å². The van der Waals surface area contributed by atoms with Crippen LogP contribution in [0.5, 0.6) is 5.75 Å². The van der Waals surface area contributed by atoms with Crippen LogP contribution in [-0.4, -0.2) is 17.3 Å². The summed E-state index contributed by atoms with van der Waals surface area (Å²) in [6.45, 7) is 0. The monoisotopic (exact) mass is 203 g/mol. The molecular formula is C11H9NO3. The van der Waals surface area contributed by atoms with Crippen LogP contribution < -0.4 is 4.74 Å². The van der Waals surface area contributed by atoms with Crippen LogP contribution >= 0.6 is 0 Å². The maximum absolute atomic E-state index is 10.5. The zero-order chi connectivity index (χ0) is 10.7. The average Bonchev–Trinajstić information content (AvgIpc) is 2.38. The van der Waals surface area contributed by atoms with Crippen LogP contribution in [0.25, 0.3) is 0 Å². The molecule has 1 aromatic rings. The van der Waals surface area contributed by atoms with Gasteiger partial charge in [0.25, 0.3) is 0 Å². The van der Waals surface area contributed by atoms with Crippen molar-refractivity contribution in [1.82, 2.24) is 0 Å². The number of carboxylic acids is 1. The fourth-order valence-electron chi connectivity index (χ4n) is 1.28. The summed E-state index contributed by atoms with van der Waals surface area (Å²) in [5, 5.41) is 8.63. The largest absolute Gasteiger partial charge is 0.481 e. The number of carboxylic acid groups (broad SMARTS) is 1. The van der Waals surface area contributed by atoms with Gasteiger partial charge in [-0.1, -0.05) is 12.1 Å². The van der Waals surface area contributed by atoms with E-state index in [-0.39, 0.29) is 6.42 Å². The second-order valence-electron chi connectivity index (χ2n) is 3.08. The van der Waals surface area contributed by atoms with Gasteiger partial charge in [0.1, 0.15) is 17.9 Å². The lowest BCUT2D eigenvalue weighted by atomic mass is 10.2. The van der Waals surface area contributed by atoms with Crippen LogP contribution in [0.15, 0.2) is 41.2 Å². The van der Waals surface area contributed by atoms with Crippen molar-refractivity contribution >= 4 is 12.2 Å². The van der Waals surface area contributed by atoms with Crippen LogP contribution in [0.1, 0.15) is 12.0 Å². The molecule has 0 bridgehead atoms. The molecule has 1 aliphatic heterocycles. The molecule has 1 heterocycles. The molecule has 0 radical (unpaired) electrons. The van der Waals surface area contributed by atoms with Gasteiger partial charge < -0.3 is 9.84 Å². The smallest absolute Gasteiger partial charge is 0.311 e. The summed E-state index contributed by atoms with van der Waals surface area (Å²) in [5.74, 6) is 0.0331. The van der Waals surface area contributed by atoms with Crippen LogP contribution in [0.3, 0.4) is 0 Å². The van der Waals surface area contributed by atoms with Gasteiger partial charge in [0, 0.05) is 11.8 Å². The molecule has 0 fully saturated rings. The molecule has 0 saturated heterocycles. The molecule has 0 atom stereocenters. The molecule has 2 rings (SSSR count). The minimum atomic E-state index is -0.934. The fourth-order valence-corrected chi connectivity index (χ4v) is 1.28. The van der Waals surface area contributed by atoms with Gasteiger partial charge in [0.2, 0.25) is 0 Å². The summed E-state index contributed by atoms with van der Waals surface area (Å²) in [6, 6.07) is 7.34. The Bertz CT molecular complexity index is 449. The van der Waals surface area contributed by atoms with Gasteiger partial charge >= 0.3 is 5.97 Å². The third kappa shape index (κ3) is 2.22. The Labute approximate surface area is 86.5 Å². The van der Waals surface area contributed by atoms with Crippen LogP contribution in [0, 0.1) is 0 Å². The zero-order valence-corrected chi connectivity index (χ0v) is 7.88. The van der Waals surface area contributed by atoms with E-state index < -0.39 is 5.97 Å². The quantitative estimate of drug-likeness (QED) is 0.797. The molecule has 15 heavy (non-hydrogen) atoms. The van der Waals surface area contributed by atoms with E-state index in [1.807, 2.05) is 18.2 Å². The third-order valence-corrected chi connectivity index (χ3v) is 1.92. The molecule has 4 heteroatoms. The highest BCUT2D eigenvalue weighted by Gasteiger charge is 2.10. The summed E-state index contributed by atoms with van der Waals surface area (Å²) >= 11 is 0. The van der Waals surface area contributed by atoms with Crippen molar-refractivity contribution in [2.75, 3.05) is 0 Å². The minimum absolute atomic E-state index is 0.161. The lowest BCUT2D eigenvalue weighted by molar-refractivity contribution is -0.136. The molecule has 1 N–H and O–H groups in total. The average molecular weight is 203 g/mol. The molecule has 4 nitrogen and oxygen atoms in total. The zero-order valence-electron chi connectivity index (χ0n) is 7.88. The predicted octanol–water partition coefficient (Wildman–Crippen LogP) is 1.81. The van der Waals surface area contributed by atoms with Crippen molar-refractivity contribution in [1.29, 1.82) is 0 Å². The first-order valence-electron chi connectivity index (χ1n) is 4.46. The van der Waals surface area contributed by atoms with Gasteiger partial charge in [0.15, 0.2) is 0 Å². The second-order valence-corrected chi connectivity index (χ2v) is 3.08. The lowest BCUT2D eigenvalue weighted by Crippen LogP contribution is -2.03. The minimum Gasteiger partial charge on any atom is -0.481 e. The number of para-hydroxylation sites is 1. The third-order valence-electron chi connectivity index (χ3n) is 1.92. The lowest BCUT2D eigenvalue weighted by Gasteiger charge is -2.07. The number of hydrogen-bond donors (Lipinski definition) is 1. The number of fused-ring (bicyclic) bond motifs is 1. The molecule has 0 aliphatic carbocycles. The molecule has 0 aromatic heterocycles. The second kappa shape index (κ2) is 3.96. The maximum Gasteiger partial charge on any atom is 0.311 e. The summed E-state index contributed by atoms with van der Waals surface area (Å²) in [6.07, 6.45) is 2.91. The highest BCUT2D eigenvalue weighted by Crippen LogP contribution is 2.22. The van der Waals surface area contributed by atoms with Crippen molar-refractivity contribution in [3.8, 4) is 5.75 Å². The Kier molecular flexibility index (Phi) is 2.49. The van der Waals surface area contributed by atoms with Crippen molar-refractivity contribution in [3.63, 3.8) is 0 Å². The standard InChI is InChI=1S/C11H9NO3/c13-11(14)5-9-7-12-6-8-3-1-2-4-10(8)15-9/h1-4,6-7H,5H2,(H,13,14). The molecule has 1 aliphatic rings. The van der Waals surface area contributed by atoms with Crippen molar-refractivity contribution in [3.05, 3.63) is 41.8 Å². The first-order valence-corrected chi connectivity index (χ1v) is 4.46. The summed E-state index contributed by atoms with van der Waals surface area (Å²) < 4.78 is 5.42. The predicted molar refractivity (Wildman–Crippen MR) is 55.0 cm³/mol.